The summed E-state index contributed by atoms with van der Waals surface area (Å²) in [4.78, 5) is 0. The van der Waals surface area contributed by atoms with Gasteiger partial charge in [0.2, 0.25) is 0 Å². The van der Waals surface area contributed by atoms with Crippen molar-refractivity contribution in [2.24, 2.45) is 35.3 Å². The molecule has 0 bridgehead atoms. The molecule has 0 amide bonds. The number of nitrogens with two attached hydrogens (primary N) is 1. The van der Waals surface area contributed by atoms with Gasteiger partial charge in [-0.05, 0) is 55.4 Å². The van der Waals surface area contributed by atoms with Crippen LogP contribution < -0.4 is 5.73 Å². The average Bonchev–Trinajstić information content (AvgIpc) is 2.80. The maximum atomic E-state index is 5.80. The number of unbranched alkanes of at least 4 members (excludes halogenated alkanes) is 5. The Balaban J connectivity index is 4.45. The van der Waals surface area contributed by atoms with E-state index < -0.39 is 0 Å². The maximum Gasteiger partial charge on any atom is 0.00237 e. The van der Waals surface area contributed by atoms with E-state index in [9.17, 15) is 0 Å². The van der Waals surface area contributed by atoms with Gasteiger partial charge in [0, 0.05) is 4.43 Å². The van der Waals surface area contributed by atoms with Gasteiger partial charge in [0.25, 0.3) is 0 Å². The van der Waals surface area contributed by atoms with E-state index in [0.717, 1.165) is 36.1 Å². The Morgan fingerprint density at radius 2 is 1.28 bits per heavy atom. The number of hydrogen-bond donors (Lipinski definition) is 1. The maximum absolute atomic E-state index is 5.80. The van der Waals surface area contributed by atoms with Crippen molar-refractivity contribution in [1.29, 1.82) is 0 Å². The van der Waals surface area contributed by atoms with Crippen LogP contribution in [0.1, 0.15) is 150 Å². The lowest BCUT2D eigenvalue weighted by molar-refractivity contribution is 0.275. The molecule has 4 unspecified atom stereocenters. The molecule has 0 aliphatic rings. The van der Waals surface area contributed by atoms with E-state index >= 15 is 0 Å². The first-order valence-electron chi connectivity index (χ1n) is 14.8. The van der Waals surface area contributed by atoms with E-state index in [2.05, 4.69) is 57.2 Å². The normalized spacial score (nSPS) is 16.6. The van der Waals surface area contributed by atoms with E-state index in [1.54, 1.807) is 0 Å². The van der Waals surface area contributed by atoms with Crippen LogP contribution in [-0.4, -0.2) is 11.0 Å². The van der Waals surface area contributed by atoms with Crippen LogP contribution in [0.2, 0.25) is 0 Å². The third-order valence-corrected chi connectivity index (χ3v) is 9.47. The van der Waals surface area contributed by atoms with Crippen molar-refractivity contribution in [1.82, 2.24) is 0 Å². The molecule has 0 saturated heterocycles. The van der Waals surface area contributed by atoms with Crippen molar-refractivity contribution in [3.8, 4) is 0 Å². The van der Waals surface area contributed by atoms with E-state index in [0.29, 0.717) is 0 Å². The third-order valence-electron chi connectivity index (χ3n) is 8.08. The van der Waals surface area contributed by atoms with Gasteiger partial charge in [0.05, 0.1) is 0 Å². The standard InChI is InChI=1S/C30H62IN/c1-6-9-11-12-17-28(8-3)24-26(4)16-15-19-29(18-13-14-23-32)21-22-30(20-10-7-2)27(5)25-31/h26-30H,6-25,32H2,1-5H3/t26-,27?,28?,29?,30?/m0/s1. The van der Waals surface area contributed by atoms with Gasteiger partial charge in [-0.2, -0.15) is 0 Å². The van der Waals surface area contributed by atoms with Crippen molar-refractivity contribution in [2.75, 3.05) is 11.0 Å². The summed E-state index contributed by atoms with van der Waals surface area (Å²) in [6.07, 6.45) is 25.5. The molecule has 0 saturated carbocycles. The van der Waals surface area contributed by atoms with Crippen molar-refractivity contribution in [3.05, 3.63) is 0 Å². The molecule has 0 aliphatic carbocycles. The summed E-state index contributed by atoms with van der Waals surface area (Å²) in [5.41, 5.74) is 5.80. The van der Waals surface area contributed by atoms with Crippen molar-refractivity contribution >= 4 is 22.6 Å². The molecule has 0 radical (unpaired) electrons. The molecule has 0 aromatic heterocycles. The first-order valence-corrected chi connectivity index (χ1v) is 16.3. The highest BCUT2D eigenvalue weighted by molar-refractivity contribution is 14.1. The Morgan fingerprint density at radius 3 is 1.91 bits per heavy atom. The number of rotatable bonds is 24. The summed E-state index contributed by atoms with van der Waals surface area (Å²) in [7, 11) is 0. The van der Waals surface area contributed by atoms with Gasteiger partial charge in [-0.3, -0.25) is 0 Å². The predicted octanol–water partition coefficient (Wildman–Crippen LogP) is 10.6. The van der Waals surface area contributed by atoms with E-state index in [4.69, 9.17) is 5.73 Å². The molecular weight excluding hydrogens is 501 g/mol. The Labute approximate surface area is 218 Å². The third kappa shape index (κ3) is 18.1. The highest BCUT2D eigenvalue weighted by atomic mass is 127. The van der Waals surface area contributed by atoms with Crippen LogP contribution in [0.25, 0.3) is 0 Å². The summed E-state index contributed by atoms with van der Waals surface area (Å²) in [6.45, 7) is 13.0. The van der Waals surface area contributed by atoms with E-state index in [1.165, 1.54) is 120 Å². The summed E-state index contributed by atoms with van der Waals surface area (Å²) in [5, 5.41) is 0. The SMILES string of the molecule is CCCCCCC(CC)C[C@@H](C)CCCC(CCCCN)CCC(CCCC)C(C)CI. The first kappa shape index (κ1) is 32.7. The molecule has 1 nitrogen and oxygen atoms in total. The van der Waals surface area contributed by atoms with Gasteiger partial charge in [-0.1, -0.05) is 154 Å². The van der Waals surface area contributed by atoms with Gasteiger partial charge in [-0.25, -0.2) is 0 Å². The van der Waals surface area contributed by atoms with Gasteiger partial charge in [-0.15, -0.1) is 0 Å². The zero-order chi connectivity index (χ0) is 24.0. The second-order valence-corrected chi connectivity index (χ2v) is 12.0. The molecule has 32 heavy (non-hydrogen) atoms. The van der Waals surface area contributed by atoms with Gasteiger partial charge in [0.1, 0.15) is 0 Å². The predicted molar refractivity (Wildman–Crippen MR) is 157 cm³/mol. The summed E-state index contributed by atoms with van der Waals surface area (Å²) in [5.74, 6) is 4.65. The highest BCUT2D eigenvalue weighted by Gasteiger charge is 2.19. The molecular formula is C30H62IN. The second kappa shape index (κ2) is 23.4. The Hall–Kier alpha value is 0.690. The molecule has 0 heterocycles. The Kier molecular flexibility index (Phi) is 23.9. The van der Waals surface area contributed by atoms with Gasteiger partial charge in [0.15, 0.2) is 0 Å². The topological polar surface area (TPSA) is 26.0 Å². The summed E-state index contributed by atoms with van der Waals surface area (Å²) >= 11 is 2.61. The average molecular weight is 564 g/mol. The fraction of sp³-hybridized carbons (Fsp3) is 1.00. The lowest BCUT2D eigenvalue weighted by Crippen LogP contribution is -2.15. The largest absolute Gasteiger partial charge is 0.330 e. The monoisotopic (exact) mass is 563 g/mol. The van der Waals surface area contributed by atoms with Crippen LogP contribution in [-0.2, 0) is 0 Å². The van der Waals surface area contributed by atoms with Crippen LogP contribution in [0.15, 0.2) is 0 Å². The first-order chi connectivity index (χ1) is 15.5. The van der Waals surface area contributed by atoms with Crippen molar-refractivity contribution in [2.45, 2.75) is 150 Å². The summed E-state index contributed by atoms with van der Waals surface area (Å²) in [6, 6.07) is 0. The van der Waals surface area contributed by atoms with Crippen LogP contribution in [0.3, 0.4) is 0 Å². The number of alkyl halides is 1. The van der Waals surface area contributed by atoms with Crippen LogP contribution in [0.4, 0.5) is 0 Å². The molecule has 5 atom stereocenters. The molecule has 0 rings (SSSR count). The number of halogens is 1. The molecule has 0 aromatic carbocycles. The Morgan fingerprint density at radius 1 is 0.625 bits per heavy atom. The summed E-state index contributed by atoms with van der Waals surface area (Å²) < 4.78 is 1.32. The smallest absolute Gasteiger partial charge is 0.00237 e. The number of hydrogen-bond acceptors (Lipinski definition) is 1. The van der Waals surface area contributed by atoms with E-state index in [-0.39, 0.29) is 0 Å². The molecule has 2 heteroatoms. The van der Waals surface area contributed by atoms with Crippen LogP contribution in [0, 0.1) is 29.6 Å². The van der Waals surface area contributed by atoms with Crippen LogP contribution in [0.5, 0.6) is 0 Å². The van der Waals surface area contributed by atoms with Crippen LogP contribution >= 0.6 is 22.6 Å². The minimum Gasteiger partial charge on any atom is -0.330 e. The van der Waals surface area contributed by atoms with Crippen molar-refractivity contribution in [3.63, 3.8) is 0 Å². The molecule has 2 N–H and O–H groups in total. The molecule has 194 valence electrons. The van der Waals surface area contributed by atoms with Crippen molar-refractivity contribution < 1.29 is 0 Å². The molecule has 0 fully saturated rings. The second-order valence-electron chi connectivity index (χ2n) is 11.2. The molecule has 0 spiro atoms. The fourth-order valence-corrected chi connectivity index (χ4v) is 6.28. The minimum absolute atomic E-state index is 0.866. The highest BCUT2D eigenvalue weighted by Crippen LogP contribution is 2.31. The quantitative estimate of drug-likeness (QED) is 0.0706. The van der Waals surface area contributed by atoms with Gasteiger partial charge >= 0.3 is 0 Å². The van der Waals surface area contributed by atoms with Gasteiger partial charge < -0.3 is 5.73 Å². The lowest BCUT2D eigenvalue weighted by Gasteiger charge is -2.26. The zero-order valence-corrected chi connectivity index (χ0v) is 25.1. The minimum atomic E-state index is 0.866. The Bertz CT molecular complexity index is 372. The molecule has 0 aromatic rings. The van der Waals surface area contributed by atoms with E-state index in [1.807, 2.05) is 0 Å². The zero-order valence-electron chi connectivity index (χ0n) is 23.0. The lowest BCUT2D eigenvalue weighted by atomic mass is 9.81. The molecule has 0 aliphatic heterocycles. The fourth-order valence-electron chi connectivity index (χ4n) is 5.56.